The third-order valence-corrected chi connectivity index (χ3v) is 3.94. The van der Waals surface area contributed by atoms with Crippen LogP contribution in [0.3, 0.4) is 0 Å². The first kappa shape index (κ1) is 17.3. The second-order valence-electron chi connectivity index (χ2n) is 5.35. The van der Waals surface area contributed by atoms with Gasteiger partial charge in [-0.25, -0.2) is 0 Å². The molecule has 0 unspecified atom stereocenters. The van der Waals surface area contributed by atoms with Gasteiger partial charge in [0.2, 0.25) is 11.2 Å². The van der Waals surface area contributed by atoms with Gasteiger partial charge in [0, 0.05) is 18.2 Å². The smallest absolute Gasteiger partial charge is 0.204 e. The lowest BCUT2D eigenvalue weighted by Gasteiger charge is -2.16. The summed E-state index contributed by atoms with van der Waals surface area (Å²) in [5.41, 5.74) is -0.460. The minimum atomic E-state index is -0.593. The molecular weight excluding hydrogens is 344 g/mol. The molecule has 3 N–H and O–H groups in total. The summed E-state index contributed by atoms with van der Waals surface area (Å²) in [4.78, 5) is 12.9. The number of methoxy groups -OCH3 is 3. The summed E-state index contributed by atoms with van der Waals surface area (Å²) in [5, 5.41) is 29.8. The van der Waals surface area contributed by atoms with Crippen molar-refractivity contribution >= 4 is 11.0 Å². The lowest BCUT2D eigenvalue weighted by Crippen LogP contribution is -2.07. The van der Waals surface area contributed by atoms with E-state index in [9.17, 15) is 20.1 Å². The Morgan fingerprint density at radius 1 is 0.923 bits per heavy atom. The Morgan fingerprint density at radius 2 is 1.62 bits per heavy atom. The van der Waals surface area contributed by atoms with Crippen LogP contribution in [0, 0.1) is 0 Å². The molecule has 0 aliphatic rings. The van der Waals surface area contributed by atoms with Gasteiger partial charge in [-0.3, -0.25) is 4.79 Å². The second kappa shape index (κ2) is 6.40. The van der Waals surface area contributed by atoms with Gasteiger partial charge in [-0.1, -0.05) is 0 Å². The van der Waals surface area contributed by atoms with Crippen LogP contribution in [0.25, 0.3) is 22.1 Å². The number of ether oxygens (including phenoxy) is 3. The molecule has 0 aliphatic heterocycles. The summed E-state index contributed by atoms with van der Waals surface area (Å²) < 4.78 is 21.0. The van der Waals surface area contributed by atoms with Gasteiger partial charge in [0.25, 0.3) is 0 Å². The number of benzene rings is 2. The molecule has 1 heterocycles. The third kappa shape index (κ3) is 2.52. The minimum absolute atomic E-state index is 0.00640. The number of fused-ring (bicyclic) bond motifs is 1. The maximum Gasteiger partial charge on any atom is 0.204 e. The number of phenolic OH excluding ortho intramolecular Hbond substituents is 3. The highest BCUT2D eigenvalue weighted by Crippen LogP contribution is 2.49. The van der Waals surface area contributed by atoms with Crippen molar-refractivity contribution in [3.05, 3.63) is 34.7 Å². The highest BCUT2D eigenvalue weighted by Gasteiger charge is 2.25. The van der Waals surface area contributed by atoms with Crippen molar-refractivity contribution in [2.45, 2.75) is 0 Å². The maximum absolute atomic E-state index is 12.9. The predicted octanol–water partition coefficient (Wildman–Crippen LogP) is 2.60. The Morgan fingerprint density at radius 3 is 2.23 bits per heavy atom. The molecule has 3 aromatic rings. The second-order valence-corrected chi connectivity index (χ2v) is 5.35. The maximum atomic E-state index is 12.9. The van der Waals surface area contributed by atoms with E-state index in [2.05, 4.69) is 0 Å². The first-order chi connectivity index (χ1) is 12.4. The number of aromatic hydroxyl groups is 3. The Bertz CT molecular complexity index is 1050. The van der Waals surface area contributed by atoms with Crippen LogP contribution in [0.5, 0.6) is 34.5 Å². The fourth-order valence-electron chi connectivity index (χ4n) is 2.76. The van der Waals surface area contributed by atoms with Gasteiger partial charge in [-0.15, -0.1) is 0 Å². The lowest BCUT2D eigenvalue weighted by molar-refractivity contribution is 0.333. The Labute approximate surface area is 147 Å². The van der Waals surface area contributed by atoms with Crippen molar-refractivity contribution in [3.63, 3.8) is 0 Å². The van der Waals surface area contributed by atoms with Crippen LogP contribution in [0.15, 0.2) is 33.7 Å². The highest BCUT2D eigenvalue weighted by atomic mass is 16.5. The summed E-state index contributed by atoms with van der Waals surface area (Å²) >= 11 is 0. The molecule has 0 atom stereocenters. The van der Waals surface area contributed by atoms with Crippen molar-refractivity contribution in [2.24, 2.45) is 0 Å². The van der Waals surface area contributed by atoms with Gasteiger partial charge in [0.15, 0.2) is 11.5 Å². The van der Waals surface area contributed by atoms with E-state index in [1.807, 2.05) is 0 Å². The van der Waals surface area contributed by atoms with E-state index in [4.69, 9.17) is 18.6 Å². The van der Waals surface area contributed by atoms with Crippen LogP contribution < -0.4 is 19.6 Å². The van der Waals surface area contributed by atoms with Crippen molar-refractivity contribution in [1.82, 2.24) is 0 Å². The molecule has 3 rings (SSSR count). The molecule has 8 heteroatoms. The molecule has 136 valence electrons. The van der Waals surface area contributed by atoms with E-state index in [-0.39, 0.29) is 50.8 Å². The van der Waals surface area contributed by atoms with Crippen LogP contribution in [-0.2, 0) is 0 Å². The molecule has 0 spiro atoms. The van der Waals surface area contributed by atoms with E-state index in [0.29, 0.717) is 0 Å². The third-order valence-electron chi connectivity index (χ3n) is 3.94. The van der Waals surface area contributed by atoms with E-state index < -0.39 is 11.2 Å². The van der Waals surface area contributed by atoms with Crippen molar-refractivity contribution < 1.29 is 33.9 Å². The predicted molar refractivity (Wildman–Crippen MR) is 92.6 cm³/mol. The van der Waals surface area contributed by atoms with Gasteiger partial charge in [0.1, 0.15) is 34.5 Å². The van der Waals surface area contributed by atoms with Crippen LogP contribution in [0.4, 0.5) is 0 Å². The van der Waals surface area contributed by atoms with Crippen molar-refractivity contribution in [1.29, 1.82) is 0 Å². The zero-order valence-electron chi connectivity index (χ0n) is 14.2. The lowest BCUT2D eigenvalue weighted by atomic mass is 10.0. The summed E-state index contributed by atoms with van der Waals surface area (Å²) in [6.07, 6.45) is 1.13. The normalized spacial score (nSPS) is 10.7. The van der Waals surface area contributed by atoms with E-state index in [0.717, 1.165) is 12.3 Å². The average Bonchev–Trinajstić information content (AvgIpc) is 2.61. The fourth-order valence-corrected chi connectivity index (χ4v) is 2.76. The van der Waals surface area contributed by atoms with Gasteiger partial charge < -0.3 is 33.9 Å². The zero-order chi connectivity index (χ0) is 19.0. The Hall–Kier alpha value is -3.55. The first-order valence-electron chi connectivity index (χ1n) is 7.42. The molecule has 26 heavy (non-hydrogen) atoms. The fraction of sp³-hybridized carbons (Fsp3) is 0.167. The summed E-state index contributed by atoms with van der Waals surface area (Å²) in [5.74, 6) is -0.762. The number of hydrogen-bond acceptors (Lipinski definition) is 8. The molecule has 0 saturated carbocycles. The standard InChI is InChI=1S/C18H16O8/c1-23-11-6-13(24-2)17(22)18(25-3)14(11)9-7-26-12-5-8(19)4-10(20)15(12)16(9)21/h4-7,19-20,22H,1-3H3. The van der Waals surface area contributed by atoms with Crippen LogP contribution in [-0.4, -0.2) is 36.6 Å². The highest BCUT2D eigenvalue weighted by molar-refractivity contribution is 5.91. The Kier molecular flexibility index (Phi) is 4.25. The van der Waals surface area contributed by atoms with E-state index in [1.165, 1.54) is 33.5 Å². The van der Waals surface area contributed by atoms with Gasteiger partial charge >= 0.3 is 0 Å². The summed E-state index contributed by atoms with van der Waals surface area (Å²) in [6, 6.07) is 3.64. The van der Waals surface area contributed by atoms with Crippen LogP contribution in [0.2, 0.25) is 0 Å². The van der Waals surface area contributed by atoms with E-state index >= 15 is 0 Å². The van der Waals surface area contributed by atoms with Crippen LogP contribution >= 0.6 is 0 Å². The molecule has 1 aromatic heterocycles. The molecule has 0 radical (unpaired) electrons. The van der Waals surface area contributed by atoms with Gasteiger partial charge in [-0.05, 0) is 0 Å². The van der Waals surface area contributed by atoms with Crippen molar-refractivity contribution in [2.75, 3.05) is 21.3 Å². The van der Waals surface area contributed by atoms with Gasteiger partial charge in [-0.2, -0.15) is 0 Å². The summed E-state index contributed by atoms with van der Waals surface area (Å²) in [7, 11) is 4.06. The van der Waals surface area contributed by atoms with Crippen molar-refractivity contribution in [3.8, 4) is 45.6 Å². The molecule has 2 aromatic carbocycles. The molecule has 0 fully saturated rings. The number of hydrogen-bond donors (Lipinski definition) is 3. The monoisotopic (exact) mass is 360 g/mol. The summed E-state index contributed by atoms with van der Waals surface area (Å²) in [6.45, 7) is 0. The number of phenols is 3. The largest absolute Gasteiger partial charge is 0.508 e. The molecule has 8 nitrogen and oxygen atoms in total. The first-order valence-corrected chi connectivity index (χ1v) is 7.42. The number of rotatable bonds is 4. The quantitative estimate of drug-likeness (QED) is 0.650. The Balaban J connectivity index is 2.42. The van der Waals surface area contributed by atoms with Gasteiger partial charge in [0.05, 0.1) is 32.5 Å². The molecular formula is C18H16O8. The molecule has 0 bridgehead atoms. The average molecular weight is 360 g/mol. The molecule has 0 aliphatic carbocycles. The molecule has 0 saturated heterocycles. The zero-order valence-corrected chi connectivity index (χ0v) is 14.2. The van der Waals surface area contributed by atoms with E-state index in [1.54, 1.807) is 0 Å². The minimum Gasteiger partial charge on any atom is -0.508 e. The topological polar surface area (TPSA) is 119 Å². The SMILES string of the molecule is COc1cc(OC)c(-c2coc3cc(O)cc(O)c3c2=O)c(OC)c1O. The molecule has 0 amide bonds. The van der Waals surface area contributed by atoms with Crippen LogP contribution in [0.1, 0.15) is 0 Å².